The molecule has 0 rings (SSSR count). The van der Waals surface area contributed by atoms with E-state index in [0.717, 1.165) is 12.7 Å². The van der Waals surface area contributed by atoms with Crippen LogP contribution in [0.5, 0.6) is 0 Å². The summed E-state index contributed by atoms with van der Waals surface area (Å²) in [6, 6.07) is 1.89. The fraction of sp³-hybridized carbons (Fsp3) is 0.600. The zero-order valence-electron chi connectivity index (χ0n) is 6.50. The van der Waals surface area contributed by atoms with Crippen molar-refractivity contribution in [2.75, 3.05) is 0 Å². The molecule has 0 aromatic heterocycles. The van der Waals surface area contributed by atoms with Crippen LogP contribution in [0.2, 0.25) is 0 Å². The van der Waals surface area contributed by atoms with Gasteiger partial charge in [-0.25, -0.2) is 0 Å². The lowest BCUT2D eigenvalue weighted by Crippen LogP contribution is -1.55. The van der Waals surface area contributed by atoms with E-state index in [9.17, 15) is 4.79 Å². The summed E-state index contributed by atoms with van der Waals surface area (Å²) in [5, 5.41) is 7.86. The van der Waals surface area contributed by atoms with Crippen molar-refractivity contribution in [3.8, 4) is 6.07 Å². The van der Waals surface area contributed by atoms with Gasteiger partial charge in [0.05, 0.1) is 6.07 Å². The van der Waals surface area contributed by atoms with Crippen molar-refractivity contribution in [2.24, 2.45) is 0 Å². The van der Waals surface area contributed by atoms with Gasteiger partial charge >= 0.3 is 0 Å². The SMILES string of the molecule is C.C.CC/C=C/C#N.CCC=O. The van der Waals surface area contributed by atoms with Crippen LogP contribution in [0.15, 0.2) is 12.2 Å². The molecule has 0 heterocycles. The quantitative estimate of drug-likeness (QED) is 0.472. The van der Waals surface area contributed by atoms with E-state index in [4.69, 9.17) is 5.26 Å². The predicted molar refractivity (Wildman–Crippen MR) is 54.9 cm³/mol. The Bertz CT molecular complexity index is 122. The lowest BCUT2D eigenvalue weighted by Gasteiger charge is -1.63. The molecule has 0 unspecified atom stereocenters. The van der Waals surface area contributed by atoms with E-state index in [1.54, 1.807) is 0 Å². The summed E-state index contributed by atoms with van der Waals surface area (Å²) in [4.78, 5) is 9.17. The van der Waals surface area contributed by atoms with Gasteiger partial charge in [-0.15, -0.1) is 0 Å². The maximum absolute atomic E-state index is 9.17. The van der Waals surface area contributed by atoms with Crippen LogP contribution in [-0.2, 0) is 4.79 Å². The van der Waals surface area contributed by atoms with Crippen LogP contribution in [0, 0.1) is 11.3 Å². The molecule has 0 atom stereocenters. The Hall–Kier alpha value is -1.10. The van der Waals surface area contributed by atoms with E-state index in [1.807, 2.05) is 26.0 Å². The fourth-order valence-electron chi connectivity index (χ4n) is 0.171. The highest BCUT2D eigenvalue weighted by atomic mass is 16.1. The predicted octanol–water partition coefficient (Wildman–Crippen LogP) is 3.34. The highest BCUT2D eigenvalue weighted by molar-refractivity contribution is 5.48. The second-order valence-corrected chi connectivity index (χ2v) is 1.51. The summed E-state index contributed by atoms with van der Waals surface area (Å²) in [6.07, 6.45) is 5.77. The van der Waals surface area contributed by atoms with Crippen molar-refractivity contribution >= 4 is 6.29 Å². The summed E-state index contributed by atoms with van der Waals surface area (Å²) < 4.78 is 0. The van der Waals surface area contributed by atoms with Gasteiger partial charge in [0.2, 0.25) is 0 Å². The van der Waals surface area contributed by atoms with Crippen molar-refractivity contribution in [3.63, 3.8) is 0 Å². The van der Waals surface area contributed by atoms with Crippen molar-refractivity contribution in [3.05, 3.63) is 12.2 Å². The van der Waals surface area contributed by atoms with Crippen LogP contribution < -0.4 is 0 Å². The Balaban J connectivity index is -0.0000000483. The first-order valence-corrected chi connectivity index (χ1v) is 3.31. The molecule has 0 aromatic carbocycles. The maximum atomic E-state index is 9.17. The van der Waals surface area contributed by atoms with E-state index >= 15 is 0 Å². The largest absolute Gasteiger partial charge is 0.303 e. The van der Waals surface area contributed by atoms with Crippen LogP contribution in [0.4, 0.5) is 0 Å². The van der Waals surface area contributed by atoms with E-state index < -0.39 is 0 Å². The maximum Gasteiger partial charge on any atom is 0.119 e. The van der Waals surface area contributed by atoms with Gasteiger partial charge in [0.1, 0.15) is 6.29 Å². The minimum atomic E-state index is 0. The number of carbonyl (C=O) groups is 1. The monoisotopic (exact) mass is 171 g/mol. The van der Waals surface area contributed by atoms with E-state index in [2.05, 4.69) is 0 Å². The number of allylic oxidation sites excluding steroid dienone is 2. The number of carbonyl (C=O) groups excluding carboxylic acids is 1. The molecule has 0 aliphatic rings. The summed E-state index contributed by atoms with van der Waals surface area (Å²) in [6.45, 7) is 3.81. The first-order valence-electron chi connectivity index (χ1n) is 3.31. The van der Waals surface area contributed by atoms with Gasteiger partial charge in [0, 0.05) is 12.5 Å². The molecular formula is C10H21NO. The Morgan fingerprint density at radius 3 is 1.75 bits per heavy atom. The Kier molecular flexibility index (Phi) is 61.1. The first-order chi connectivity index (χ1) is 4.83. The lowest BCUT2D eigenvalue weighted by atomic mass is 10.4. The lowest BCUT2D eigenvalue weighted by molar-refractivity contribution is -0.107. The van der Waals surface area contributed by atoms with Crippen LogP contribution >= 0.6 is 0 Å². The van der Waals surface area contributed by atoms with E-state index in [0.29, 0.717) is 6.42 Å². The van der Waals surface area contributed by atoms with Gasteiger partial charge < -0.3 is 4.79 Å². The first kappa shape index (κ1) is 22.4. The zero-order valence-corrected chi connectivity index (χ0v) is 6.50. The molecule has 0 spiro atoms. The molecule has 72 valence electrons. The molecule has 0 saturated carbocycles. The number of hydrogen-bond acceptors (Lipinski definition) is 2. The van der Waals surface area contributed by atoms with Crippen molar-refractivity contribution in [1.29, 1.82) is 5.26 Å². The summed E-state index contributed by atoms with van der Waals surface area (Å²) in [7, 11) is 0. The van der Waals surface area contributed by atoms with Crippen molar-refractivity contribution in [1.82, 2.24) is 0 Å². The molecule has 0 amide bonds. The standard InChI is InChI=1S/C5H7N.C3H6O.2CH4/c1-2-3-4-5-6;1-2-3-4;;/h3-4H,2H2,1H3;3H,2H2,1H3;2*1H4/b4-3+;;;. The van der Waals surface area contributed by atoms with Gasteiger partial charge in [0.25, 0.3) is 0 Å². The van der Waals surface area contributed by atoms with Crippen molar-refractivity contribution in [2.45, 2.75) is 41.5 Å². The smallest absolute Gasteiger partial charge is 0.119 e. The van der Waals surface area contributed by atoms with Gasteiger partial charge in [-0.2, -0.15) is 5.26 Å². The topological polar surface area (TPSA) is 40.9 Å². The average Bonchev–Trinajstić information content (AvgIpc) is 2.01. The third kappa shape index (κ3) is 66.0. The van der Waals surface area contributed by atoms with Gasteiger partial charge in [-0.1, -0.05) is 34.8 Å². The molecule has 12 heavy (non-hydrogen) atoms. The third-order valence-corrected chi connectivity index (χ3v) is 0.595. The number of hydrogen-bond donors (Lipinski definition) is 0. The summed E-state index contributed by atoms with van der Waals surface area (Å²) >= 11 is 0. The zero-order chi connectivity index (χ0) is 8.24. The van der Waals surface area contributed by atoms with Gasteiger partial charge in [0.15, 0.2) is 0 Å². The minimum absolute atomic E-state index is 0. The van der Waals surface area contributed by atoms with Crippen LogP contribution in [0.3, 0.4) is 0 Å². The molecule has 0 saturated heterocycles. The van der Waals surface area contributed by atoms with Crippen LogP contribution in [0.25, 0.3) is 0 Å². The molecule has 0 aliphatic heterocycles. The molecule has 0 aliphatic carbocycles. The third-order valence-electron chi connectivity index (χ3n) is 0.595. The van der Waals surface area contributed by atoms with Gasteiger partial charge in [-0.3, -0.25) is 0 Å². The van der Waals surface area contributed by atoms with E-state index in [1.165, 1.54) is 6.08 Å². The molecule has 0 N–H and O–H groups in total. The number of rotatable bonds is 2. The second-order valence-electron chi connectivity index (χ2n) is 1.51. The normalized spacial score (nSPS) is 6.42. The van der Waals surface area contributed by atoms with E-state index in [-0.39, 0.29) is 14.9 Å². The Morgan fingerprint density at radius 2 is 1.67 bits per heavy atom. The molecule has 2 heteroatoms. The second kappa shape index (κ2) is 32.7. The Labute approximate surface area is 76.9 Å². The Morgan fingerprint density at radius 1 is 1.25 bits per heavy atom. The molecule has 0 fully saturated rings. The van der Waals surface area contributed by atoms with Crippen molar-refractivity contribution < 1.29 is 4.79 Å². The highest BCUT2D eigenvalue weighted by Gasteiger charge is 1.57. The van der Waals surface area contributed by atoms with Crippen LogP contribution in [0.1, 0.15) is 41.5 Å². The molecule has 0 radical (unpaired) electrons. The van der Waals surface area contributed by atoms with Crippen LogP contribution in [-0.4, -0.2) is 6.29 Å². The molecule has 2 nitrogen and oxygen atoms in total. The fourth-order valence-corrected chi connectivity index (χ4v) is 0.171. The molecule has 0 bridgehead atoms. The molecular weight excluding hydrogens is 150 g/mol. The highest BCUT2D eigenvalue weighted by Crippen LogP contribution is 1.74. The average molecular weight is 171 g/mol. The molecule has 0 aromatic rings. The van der Waals surface area contributed by atoms with Gasteiger partial charge in [-0.05, 0) is 6.42 Å². The summed E-state index contributed by atoms with van der Waals surface area (Å²) in [5.74, 6) is 0. The number of nitrogens with zero attached hydrogens (tertiary/aromatic N) is 1. The number of aldehydes is 1. The number of nitriles is 1. The minimum Gasteiger partial charge on any atom is -0.303 e. The summed E-state index contributed by atoms with van der Waals surface area (Å²) in [5.41, 5.74) is 0.